The van der Waals surface area contributed by atoms with E-state index in [0.717, 1.165) is 11.6 Å². The first kappa shape index (κ1) is 15.5. The Morgan fingerprint density at radius 2 is 1.87 bits per heavy atom. The van der Waals surface area contributed by atoms with Crippen LogP contribution >= 0.6 is 11.6 Å². The van der Waals surface area contributed by atoms with E-state index >= 15 is 0 Å². The first-order valence-corrected chi connectivity index (χ1v) is 7.33. The second kappa shape index (κ2) is 6.01. The normalized spacial score (nSPS) is 11.0. The minimum atomic E-state index is -0.677. The molecule has 0 aliphatic rings. The fourth-order valence-electron chi connectivity index (χ4n) is 2.58. The molecule has 0 fully saturated rings. The number of H-pyrrole nitrogens is 1. The fourth-order valence-corrected chi connectivity index (χ4v) is 2.75. The van der Waals surface area contributed by atoms with Crippen LogP contribution in [0.15, 0.2) is 36.4 Å². The van der Waals surface area contributed by atoms with Crippen molar-refractivity contribution in [1.82, 2.24) is 10.3 Å². The highest BCUT2D eigenvalue weighted by atomic mass is 35.5. The molecule has 23 heavy (non-hydrogen) atoms. The predicted molar refractivity (Wildman–Crippen MR) is 85.6 cm³/mol. The molecular formula is C17H13ClF2N2O. The first-order chi connectivity index (χ1) is 10.9. The summed E-state index contributed by atoms with van der Waals surface area (Å²) in [7, 11) is 0. The van der Waals surface area contributed by atoms with Gasteiger partial charge in [0.15, 0.2) is 0 Å². The minimum absolute atomic E-state index is 0.0280. The number of hydrogen-bond donors (Lipinski definition) is 2. The van der Waals surface area contributed by atoms with Crippen LogP contribution in [0.25, 0.3) is 10.9 Å². The summed E-state index contributed by atoms with van der Waals surface area (Å²) in [4.78, 5) is 15.5. The quantitative estimate of drug-likeness (QED) is 0.735. The molecule has 0 radical (unpaired) electrons. The summed E-state index contributed by atoms with van der Waals surface area (Å²) >= 11 is 5.98. The Bertz CT molecular complexity index is 885. The zero-order chi connectivity index (χ0) is 16.6. The van der Waals surface area contributed by atoms with Gasteiger partial charge in [-0.1, -0.05) is 11.6 Å². The van der Waals surface area contributed by atoms with E-state index < -0.39 is 11.6 Å². The molecule has 6 heteroatoms. The topological polar surface area (TPSA) is 44.9 Å². The van der Waals surface area contributed by atoms with Gasteiger partial charge in [0.25, 0.3) is 5.91 Å². The van der Waals surface area contributed by atoms with E-state index in [4.69, 9.17) is 11.6 Å². The third kappa shape index (κ3) is 3.19. The molecule has 1 heterocycles. The number of carbonyl (C=O) groups is 1. The lowest BCUT2D eigenvalue weighted by Crippen LogP contribution is -2.23. The van der Waals surface area contributed by atoms with Crippen LogP contribution in [0.3, 0.4) is 0 Å². The molecule has 0 saturated heterocycles. The second-order valence-electron chi connectivity index (χ2n) is 5.28. The van der Waals surface area contributed by atoms with Gasteiger partial charge < -0.3 is 10.3 Å². The third-order valence-electron chi connectivity index (χ3n) is 3.55. The van der Waals surface area contributed by atoms with Gasteiger partial charge in [-0.15, -0.1) is 0 Å². The molecule has 0 aliphatic carbocycles. The number of halogens is 3. The lowest BCUT2D eigenvalue weighted by Gasteiger charge is -2.06. The molecule has 3 aromatic rings. The summed E-state index contributed by atoms with van der Waals surface area (Å²) in [5, 5.41) is 3.90. The highest BCUT2D eigenvalue weighted by Crippen LogP contribution is 2.25. The van der Waals surface area contributed by atoms with Gasteiger partial charge in [-0.05, 0) is 42.8 Å². The van der Waals surface area contributed by atoms with Gasteiger partial charge >= 0.3 is 0 Å². The number of carbonyl (C=O) groups excluding carboxylic acids is 1. The number of nitrogens with one attached hydrogen (secondary N) is 2. The van der Waals surface area contributed by atoms with Gasteiger partial charge in [-0.3, -0.25) is 4.79 Å². The Labute approximate surface area is 136 Å². The van der Waals surface area contributed by atoms with Crippen molar-refractivity contribution in [3.63, 3.8) is 0 Å². The van der Waals surface area contributed by atoms with Crippen LogP contribution < -0.4 is 5.32 Å². The lowest BCUT2D eigenvalue weighted by atomic mass is 10.1. The van der Waals surface area contributed by atoms with E-state index in [1.54, 1.807) is 25.1 Å². The van der Waals surface area contributed by atoms with Crippen LogP contribution in [0.5, 0.6) is 0 Å². The molecule has 0 atom stereocenters. The van der Waals surface area contributed by atoms with Crippen molar-refractivity contribution in [3.8, 4) is 0 Å². The van der Waals surface area contributed by atoms with Crippen molar-refractivity contribution >= 4 is 28.4 Å². The highest BCUT2D eigenvalue weighted by molar-refractivity contribution is 6.31. The fraction of sp³-hybridized carbons (Fsp3) is 0.118. The average Bonchev–Trinajstić information content (AvgIpc) is 2.79. The molecule has 0 unspecified atom stereocenters. The van der Waals surface area contributed by atoms with Gasteiger partial charge in [0.2, 0.25) is 0 Å². The summed E-state index contributed by atoms with van der Waals surface area (Å²) in [6, 6.07) is 8.39. The van der Waals surface area contributed by atoms with E-state index in [-0.39, 0.29) is 12.5 Å². The van der Waals surface area contributed by atoms with Crippen LogP contribution in [0.1, 0.15) is 21.6 Å². The molecule has 118 valence electrons. The van der Waals surface area contributed by atoms with E-state index in [1.165, 1.54) is 12.1 Å². The summed E-state index contributed by atoms with van der Waals surface area (Å²) in [6.07, 6.45) is 0. The minimum Gasteiger partial charge on any atom is -0.358 e. The molecule has 1 aromatic heterocycles. The summed E-state index contributed by atoms with van der Waals surface area (Å²) in [5.74, 6) is -1.69. The predicted octanol–water partition coefficient (Wildman–Crippen LogP) is 4.34. The molecule has 2 N–H and O–H groups in total. The molecule has 3 rings (SSSR count). The first-order valence-electron chi connectivity index (χ1n) is 6.95. The molecule has 3 nitrogen and oxygen atoms in total. The lowest BCUT2D eigenvalue weighted by molar-refractivity contribution is 0.0952. The van der Waals surface area contributed by atoms with Crippen LogP contribution in [-0.4, -0.2) is 10.9 Å². The maximum atomic E-state index is 13.2. The van der Waals surface area contributed by atoms with Crippen LogP contribution in [0.2, 0.25) is 5.02 Å². The summed E-state index contributed by atoms with van der Waals surface area (Å²) < 4.78 is 26.3. The van der Waals surface area contributed by atoms with Crippen molar-refractivity contribution in [2.75, 3.05) is 0 Å². The largest absolute Gasteiger partial charge is 0.358 e. The Morgan fingerprint density at radius 3 is 2.57 bits per heavy atom. The number of aromatic amines is 1. The Hall–Kier alpha value is -2.40. The maximum absolute atomic E-state index is 13.2. The second-order valence-corrected chi connectivity index (χ2v) is 5.71. The number of amides is 1. The van der Waals surface area contributed by atoms with E-state index in [2.05, 4.69) is 10.3 Å². The molecule has 2 aromatic carbocycles. The number of fused-ring (bicyclic) bond motifs is 1. The SMILES string of the molecule is Cc1[nH]c2ccc(Cl)cc2c1C(=O)NCc1cc(F)cc(F)c1. The van der Waals surface area contributed by atoms with Crippen molar-refractivity contribution in [1.29, 1.82) is 0 Å². The maximum Gasteiger partial charge on any atom is 0.253 e. The number of benzene rings is 2. The molecular weight excluding hydrogens is 322 g/mol. The van der Waals surface area contributed by atoms with E-state index in [0.29, 0.717) is 27.2 Å². The molecule has 0 spiro atoms. The van der Waals surface area contributed by atoms with E-state index in [9.17, 15) is 13.6 Å². The standard InChI is InChI=1S/C17H13ClF2N2O/c1-9-16(14-6-11(18)2-3-15(14)22-9)17(23)21-8-10-4-12(19)7-13(20)5-10/h2-7,22H,8H2,1H3,(H,21,23). The zero-order valence-electron chi connectivity index (χ0n) is 12.2. The van der Waals surface area contributed by atoms with Gasteiger partial charge in [-0.2, -0.15) is 0 Å². The smallest absolute Gasteiger partial charge is 0.253 e. The van der Waals surface area contributed by atoms with Crippen molar-refractivity contribution in [2.24, 2.45) is 0 Å². The average molecular weight is 335 g/mol. The molecule has 0 bridgehead atoms. The van der Waals surface area contributed by atoms with Crippen LogP contribution in [-0.2, 0) is 6.54 Å². The highest BCUT2D eigenvalue weighted by Gasteiger charge is 2.16. The monoisotopic (exact) mass is 334 g/mol. The third-order valence-corrected chi connectivity index (χ3v) is 3.79. The Kier molecular flexibility index (Phi) is 4.05. The summed E-state index contributed by atoms with van der Waals surface area (Å²) in [5.41, 5.74) is 2.32. The van der Waals surface area contributed by atoms with Crippen molar-refractivity contribution < 1.29 is 13.6 Å². The molecule has 1 amide bonds. The number of aromatic nitrogens is 1. The van der Waals surface area contributed by atoms with E-state index in [1.807, 2.05) is 0 Å². The van der Waals surface area contributed by atoms with Gasteiger partial charge in [0.1, 0.15) is 11.6 Å². The number of rotatable bonds is 3. The molecule has 0 saturated carbocycles. The number of hydrogen-bond acceptors (Lipinski definition) is 1. The van der Waals surface area contributed by atoms with Gasteiger partial charge in [0.05, 0.1) is 5.56 Å². The van der Waals surface area contributed by atoms with Crippen LogP contribution in [0, 0.1) is 18.6 Å². The Morgan fingerprint density at radius 1 is 1.17 bits per heavy atom. The zero-order valence-corrected chi connectivity index (χ0v) is 13.0. The summed E-state index contributed by atoms with van der Waals surface area (Å²) in [6.45, 7) is 1.81. The molecule has 0 aliphatic heterocycles. The van der Waals surface area contributed by atoms with Crippen molar-refractivity contribution in [2.45, 2.75) is 13.5 Å². The van der Waals surface area contributed by atoms with Crippen LogP contribution in [0.4, 0.5) is 8.78 Å². The van der Waals surface area contributed by atoms with Gasteiger partial charge in [0, 0.05) is 34.2 Å². The van der Waals surface area contributed by atoms with Crippen molar-refractivity contribution in [3.05, 3.63) is 69.9 Å². The Balaban J connectivity index is 1.86. The number of aryl methyl sites for hydroxylation is 1. The van der Waals surface area contributed by atoms with Gasteiger partial charge in [-0.25, -0.2) is 8.78 Å².